The zero-order valence-electron chi connectivity index (χ0n) is 18.8. The first-order valence-electron chi connectivity index (χ1n) is 10.8. The maximum Gasteiger partial charge on any atom is 0.328 e. The normalized spacial score (nSPS) is 13.6. The van der Waals surface area contributed by atoms with Crippen molar-refractivity contribution in [2.75, 3.05) is 20.2 Å². The first kappa shape index (κ1) is 26.0. The minimum atomic E-state index is -1.26. The van der Waals surface area contributed by atoms with Gasteiger partial charge in [0.25, 0.3) is 0 Å². The van der Waals surface area contributed by atoms with E-state index >= 15 is 0 Å². The number of carboxylic acid groups (broad SMARTS) is 2. The number of halogens is 1. The molecule has 2 N–H and O–H groups in total. The van der Waals surface area contributed by atoms with Crippen molar-refractivity contribution >= 4 is 23.5 Å². The van der Waals surface area contributed by atoms with Crippen molar-refractivity contribution in [2.24, 2.45) is 0 Å². The van der Waals surface area contributed by atoms with Gasteiger partial charge in [-0.25, -0.2) is 9.59 Å². The summed E-state index contributed by atoms with van der Waals surface area (Å²) in [7, 11) is 1.68. The highest BCUT2D eigenvalue weighted by Gasteiger charge is 2.12. The molecular formula is C26H30ClNO5. The number of carboxylic acids is 2. The number of hydrogen-bond donors (Lipinski definition) is 2. The Morgan fingerprint density at radius 3 is 2.21 bits per heavy atom. The molecule has 0 spiro atoms. The summed E-state index contributed by atoms with van der Waals surface area (Å²) < 4.78 is 5.31. The fraction of sp³-hybridized carbons (Fsp3) is 0.308. The van der Waals surface area contributed by atoms with Crippen molar-refractivity contribution in [3.63, 3.8) is 0 Å². The molecule has 1 saturated heterocycles. The number of ether oxygens (including phenoxy) is 1. The van der Waals surface area contributed by atoms with E-state index in [0.717, 1.165) is 41.4 Å². The average Bonchev–Trinajstić information content (AvgIpc) is 3.08. The Labute approximate surface area is 199 Å². The third kappa shape index (κ3) is 9.02. The van der Waals surface area contributed by atoms with Crippen molar-refractivity contribution in [3.8, 4) is 16.9 Å². The quantitative estimate of drug-likeness (QED) is 0.506. The van der Waals surface area contributed by atoms with E-state index in [-0.39, 0.29) is 0 Å². The van der Waals surface area contributed by atoms with E-state index in [1.54, 1.807) is 7.11 Å². The molecule has 0 radical (unpaired) electrons. The number of rotatable bonds is 7. The third-order valence-electron chi connectivity index (χ3n) is 5.24. The molecule has 2 aromatic carbocycles. The summed E-state index contributed by atoms with van der Waals surface area (Å²) in [5.41, 5.74) is 4.52. The third-order valence-corrected chi connectivity index (χ3v) is 5.56. The first-order valence-corrected chi connectivity index (χ1v) is 11.2. The fourth-order valence-corrected chi connectivity index (χ4v) is 3.88. The highest BCUT2D eigenvalue weighted by molar-refractivity contribution is 6.33. The van der Waals surface area contributed by atoms with Crippen LogP contribution < -0.4 is 4.74 Å². The summed E-state index contributed by atoms with van der Waals surface area (Å²) >= 11 is 6.57. The van der Waals surface area contributed by atoms with Crippen LogP contribution in [0, 0.1) is 0 Å². The highest BCUT2D eigenvalue weighted by atomic mass is 35.5. The van der Waals surface area contributed by atoms with Crippen LogP contribution in [0.25, 0.3) is 11.1 Å². The van der Waals surface area contributed by atoms with E-state index in [1.807, 2.05) is 18.2 Å². The second kappa shape index (κ2) is 13.3. The Morgan fingerprint density at radius 2 is 1.67 bits per heavy atom. The molecule has 0 aromatic heterocycles. The molecule has 6 nitrogen and oxygen atoms in total. The zero-order valence-corrected chi connectivity index (χ0v) is 19.6. The summed E-state index contributed by atoms with van der Waals surface area (Å²) in [6.45, 7) is 6.58. The number of allylic oxidation sites excluding steroid dienone is 1. The first-order chi connectivity index (χ1) is 15.8. The lowest BCUT2D eigenvalue weighted by atomic mass is 10.0. The summed E-state index contributed by atoms with van der Waals surface area (Å²) in [6, 6.07) is 14.3. The van der Waals surface area contributed by atoms with Crippen molar-refractivity contribution < 1.29 is 24.5 Å². The minimum absolute atomic E-state index is 0.558. The molecular weight excluding hydrogens is 442 g/mol. The van der Waals surface area contributed by atoms with Gasteiger partial charge in [-0.05, 0) is 42.2 Å². The van der Waals surface area contributed by atoms with Gasteiger partial charge in [0.15, 0.2) is 0 Å². The maximum atomic E-state index is 9.55. The van der Waals surface area contributed by atoms with Crippen molar-refractivity contribution in [1.29, 1.82) is 0 Å². The Balaban J connectivity index is 0.000000414. The van der Waals surface area contributed by atoms with Gasteiger partial charge in [0.05, 0.1) is 7.11 Å². The van der Waals surface area contributed by atoms with Crippen LogP contribution in [0.1, 0.15) is 31.2 Å². The van der Waals surface area contributed by atoms with Crippen molar-refractivity contribution in [1.82, 2.24) is 4.90 Å². The second-order valence-corrected chi connectivity index (χ2v) is 8.11. The van der Waals surface area contributed by atoms with Gasteiger partial charge in [-0.1, -0.05) is 55.3 Å². The Hall–Kier alpha value is -3.25. The molecule has 2 aromatic rings. The molecule has 1 aliphatic heterocycles. The number of hydrogen-bond acceptors (Lipinski definition) is 4. The van der Waals surface area contributed by atoms with E-state index in [2.05, 4.69) is 35.7 Å². The summed E-state index contributed by atoms with van der Waals surface area (Å²) in [5, 5.41) is 16.4. The molecule has 0 bridgehead atoms. The van der Waals surface area contributed by atoms with E-state index in [1.165, 1.54) is 36.9 Å². The zero-order chi connectivity index (χ0) is 24.2. The Morgan fingerprint density at radius 1 is 1.03 bits per heavy atom. The van der Waals surface area contributed by atoms with Crippen molar-refractivity contribution in [2.45, 2.75) is 32.1 Å². The molecule has 33 heavy (non-hydrogen) atoms. The van der Waals surface area contributed by atoms with Crippen LogP contribution in [0.4, 0.5) is 0 Å². The lowest BCUT2D eigenvalue weighted by Gasteiger charge is -2.25. The van der Waals surface area contributed by atoms with Crippen LogP contribution in [0.2, 0.25) is 5.02 Å². The smallest absolute Gasteiger partial charge is 0.328 e. The van der Waals surface area contributed by atoms with E-state index in [4.69, 9.17) is 26.6 Å². The maximum absolute atomic E-state index is 9.55. The van der Waals surface area contributed by atoms with Gasteiger partial charge >= 0.3 is 11.9 Å². The lowest BCUT2D eigenvalue weighted by Crippen LogP contribution is -2.24. The van der Waals surface area contributed by atoms with Crippen molar-refractivity contribution in [3.05, 3.63) is 77.5 Å². The molecule has 0 unspecified atom stereocenters. The second-order valence-electron chi connectivity index (χ2n) is 7.70. The Bertz CT molecular complexity index is 978. The lowest BCUT2D eigenvalue weighted by molar-refractivity contribution is -0.134. The number of nitrogens with zero attached hydrogens (tertiary/aromatic N) is 1. The fourth-order valence-electron chi connectivity index (χ4n) is 3.57. The molecule has 7 heteroatoms. The van der Waals surface area contributed by atoms with Crippen LogP contribution in [0.15, 0.2) is 66.9 Å². The van der Waals surface area contributed by atoms with Gasteiger partial charge in [-0.3, -0.25) is 0 Å². The van der Waals surface area contributed by atoms with Crippen LogP contribution in [-0.4, -0.2) is 47.3 Å². The van der Waals surface area contributed by atoms with Gasteiger partial charge in [0.2, 0.25) is 0 Å². The standard InChI is InChI=1S/C22H26ClNO.C4H4O4/c1-17(24-12-5-3-4-6-13-24)14-18-10-11-21(22(23)15-18)19-8-7-9-20(16-19)25-2;5-3(6)1-2-4(7)8/h7-11,15-16H,1,3-6,12-14H2,2H3;1-2H,(H,5,6)(H,7,8)/b;2-1+. The summed E-state index contributed by atoms with van der Waals surface area (Å²) in [5.74, 6) is -1.67. The number of carbonyl (C=O) groups is 2. The van der Waals surface area contributed by atoms with Gasteiger partial charge in [-0.2, -0.15) is 0 Å². The monoisotopic (exact) mass is 471 g/mol. The number of aliphatic carboxylic acids is 2. The van der Waals surface area contributed by atoms with E-state index < -0.39 is 11.9 Å². The molecule has 1 fully saturated rings. The van der Waals surface area contributed by atoms with E-state index in [0.29, 0.717) is 12.2 Å². The molecule has 0 saturated carbocycles. The van der Waals surface area contributed by atoms with Crippen LogP contribution in [-0.2, 0) is 16.0 Å². The Kier molecular flexibility index (Phi) is 10.5. The molecule has 1 heterocycles. The number of benzene rings is 2. The predicted octanol–water partition coefficient (Wildman–Crippen LogP) is 5.66. The van der Waals surface area contributed by atoms with E-state index in [9.17, 15) is 9.59 Å². The van der Waals surface area contributed by atoms with Crippen LogP contribution in [0.5, 0.6) is 5.75 Å². The molecule has 0 amide bonds. The van der Waals surface area contributed by atoms with Gasteiger partial charge in [0.1, 0.15) is 5.75 Å². The molecule has 1 aliphatic rings. The van der Waals surface area contributed by atoms with Crippen LogP contribution in [0.3, 0.4) is 0 Å². The van der Waals surface area contributed by atoms with Gasteiger partial charge in [0, 0.05) is 47.9 Å². The molecule has 0 atom stereocenters. The van der Waals surface area contributed by atoms with Crippen LogP contribution >= 0.6 is 11.6 Å². The largest absolute Gasteiger partial charge is 0.497 e. The molecule has 3 rings (SSSR count). The molecule has 176 valence electrons. The minimum Gasteiger partial charge on any atom is -0.497 e. The molecule has 0 aliphatic carbocycles. The SMILES string of the molecule is C=C(Cc1ccc(-c2cccc(OC)c2)c(Cl)c1)N1CCCCCC1.O=C(O)/C=C/C(=O)O. The van der Waals surface area contributed by atoms with Gasteiger partial charge < -0.3 is 19.8 Å². The predicted molar refractivity (Wildman–Crippen MR) is 131 cm³/mol. The van der Waals surface area contributed by atoms with Gasteiger partial charge in [-0.15, -0.1) is 0 Å². The number of likely N-dealkylation sites (tertiary alicyclic amines) is 1. The number of methoxy groups -OCH3 is 1. The summed E-state index contributed by atoms with van der Waals surface area (Å²) in [6.07, 6.45) is 7.20. The summed E-state index contributed by atoms with van der Waals surface area (Å²) in [4.78, 5) is 21.5. The average molecular weight is 472 g/mol. The topological polar surface area (TPSA) is 87.1 Å². The highest BCUT2D eigenvalue weighted by Crippen LogP contribution is 2.31.